The van der Waals surface area contributed by atoms with Gasteiger partial charge in [0.2, 0.25) is 0 Å². The van der Waals surface area contributed by atoms with Gasteiger partial charge in [-0.05, 0) is 24.6 Å². The van der Waals surface area contributed by atoms with Gasteiger partial charge in [-0.1, -0.05) is 25.4 Å². The Kier molecular flexibility index (Phi) is 6.58. The van der Waals surface area contributed by atoms with E-state index in [2.05, 4.69) is 13.8 Å². The fraction of sp³-hybridized carbons (Fsp3) is 0.500. The largest absolute Gasteiger partial charge is 0.496 e. The van der Waals surface area contributed by atoms with E-state index in [0.717, 1.165) is 17.7 Å². The van der Waals surface area contributed by atoms with Crippen LogP contribution in [0.5, 0.6) is 5.75 Å². The number of ketones is 1. The summed E-state index contributed by atoms with van der Waals surface area (Å²) in [7, 11) is 1.60. The average molecular weight is 287 g/mol. The maximum atomic E-state index is 11.9. The number of hydrogen-bond acceptors (Lipinski definition) is 3. The highest BCUT2D eigenvalue weighted by Gasteiger charge is 2.11. The normalized spacial score (nSPS) is 12.2. The number of carbonyl (C=O) groups excluding carboxylic acids is 1. The molecule has 0 heterocycles. The number of thioether (sulfide) groups is 1. The molecule has 0 aliphatic rings. The third-order valence-electron chi connectivity index (χ3n) is 2.73. The van der Waals surface area contributed by atoms with E-state index < -0.39 is 0 Å². The van der Waals surface area contributed by atoms with E-state index in [4.69, 9.17) is 16.3 Å². The second-order valence-electron chi connectivity index (χ2n) is 4.20. The van der Waals surface area contributed by atoms with Gasteiger partial charge < -0.3 is 4.74 Å². The summed E-state index contributed by atoms with van der Waals surface area (Å²) in [6.07, 6.45) is 1.46. The monoisotopic (exact) mass is 286 g/mol. The molecule has 18 heavy (non-hydrogen) atoms. The summed E-state index contributed by atoms with van der Waals surface area (Å²) in [5, 5.41) is 1.16. The molecule has 4 heteroatoms. The zero-order valence-electron chi connectivity index (χ0n) is 11.0. The predicted octanol–water partition coefficient (Wildman–Crippen LogP) is 3.99. The minimum atomic E-state index is 0.209. The highest BCUT2D eigenvalue weighted by molar-refractivity contribution is 8.00. The summed E-state index contributed by atoms with van der Waals surface area (Å²) >= 11 is 7.63. The number of Topliss-reactive ketones (excluding diaryl/α,β-unsaturated/α-hetero) is 1. The number of methoxy groups -OCH3 is 1. The minimum Gasteiger partial charge on any atom is -0.496 e. The summed E-state index contributed by atoms with van der Waals surface area (Å²) in [5.41, 5.74) is 0.861. The molecule has 0 spiro atoms. The first-order valence-corrected chi connectivity index (χ1v) is 7.45. The summed E-state index contributed by atoms with van der Waals surface area (Å²) in [6.45, 7) is 4.26. The molecule has 0 amide bonds. The zero-order chi connectivity index (χ0) is 13.5. The third kappa shape index (κ3) is 4.91. The van der Waals surface area contributed by atoms with Crippen LogP contribution in [-0.4, -0.2) is 23.9 Å². The lowest BCUT2D eigenvalue weighted by Crippen LogP contribution is -2.09. The van der Waals surface area contributed by atoms with Crippen LogP contribution in [0.4, 0.5) is 0 Å². The van der Waals surface area contributed by atoms with Gasteiger partial charge in [0.15, 0.2) is 0 Å². The van der Waals surface area contributed by atoms with E-state index in [0.29, 0.717) is 22.4 Å². The lowest BCUT2D eigenvalue weighted by molar-refractivity contribution is -0.116. The molecule has 0 saturated carbocycles. The molecule has 1 unspecified atom stereocenters. The van der Waals surface area contributed by atoms with Crippen LogP contribution >= 0.6 is 23.4 Å². The van der Waals surface area contributed by atoms with E-state index in [9.17, 15) is 4.79 Å². The SMILES string of the molecule is CCC(C)SCC(=O)Cc1cc(Cl)ccc1OC. The van der Waals surface area contributed by atoms with Crippen molar-refractivity contribution in [3.63, 3.8) is 0 Å². The molecular formula is C14H19ClO2S. The number of ether oxygens (including phenoxy) is 1. The Labute approximate surface area is 118 Å². The molecule has 1 rings (SSSR count). The van der Waals surface area contributed by atoms with Crippen molar-refractivity contribution < 1.29 is 9.53 Å². The molecule has 0 aliphatic heterocycles. The Morgan fingerprint density at radius 1 is 1.50 bits per heavy atom. The molecule has 0 fully saturated rings. The van der Waals surface area contributed by atoms with Crippen molar-refractivity contribution in [3.8, 4) is 5.75 Å². The number of rotatable bonds is 7. The van der Waals surface area contributed by atoms with E-state index >= 15 is 0 Å². The summed E-state index contributed by atoms with van der Waals surface area (Å²) in [5.74, 6) is 1.48. The smallest absolute Gasteiger partial charge is 0.147 e. The van der Waals surface area contributed by atoms with Crippen molar-refractivity contribution in [3.05, 3.63) is 28.8 Å². The lowest BCUT2D eigenvalue weighted by atomic mass is 10.1. The highest BCUT2D eigenvalue weighted by atomic mass is 35.5. The van der Waals surface area contributed by atoms with Gasteiger partial charge in [-0.25, -0.2) is 0 Å². The number of halogens is 1. The van der Waals surface area contributed by atoms with Crippen LogP contribution in [0, 0.1) is 0 Å². The van der Waals surface area contributed by atoms with Crippen molar-refractivity contribution in [2.75, 3.05) is 12.9 Å². The number of carbonyl (C=O) groups is 1. The molecule has 0 aliphatic carbocycles. The van der Waals surface area contributed by atoms with Crippen molar-refractivity contribution in [1.29, 1.82) is 0 Å². The van der Waals surface area contributed by atoms with Crippen LogP contribution in [0.25, 0.3) is 0 Å². The molecule has 0 radical (unpaired) electrons. The zero-order valence-corrected chi connectivity index (χ0v) is 12.6. The molecule has 1 aromatic rings. The Morgan fingerprint density at radius 3 is 2.83 bits per heavy atom. The van der Waals surface area contributed by atoms with Gasteiger partial charge in [-0.3, -0.25) is 4.79 Å². The molecule has 100 valence electrons. The molecular weight excluding hydrogens is 268 g/mol. The standard InChI is InChI=1S/C14H19ClO2S/c1-4-10(2)18-9-13(16)8-11-7-12(15)5-6-14(11)17-3/h5-7,10H,4,8-9H2,1-3H3. The van der Waals surface area contributed by atoms with E-state index in [1.165, 1.54) is 0 Å². The fourth-order valence-electron chi connectivity index (χ4n) is 1.50. The summed E-state index contributed by atoms with van der Waals surface area (Å²) < 4.78 is 5.23. The van der Waals surface area contributed by atoms with Gasteiger partial charge in [0.05, 0.1) is 12.9 Å². The molecule has 0 N–H and O–H groups in total. The van der Waals surface area contributed by atoms with Crippen LogP contribution in [0.1, 0.15) is 25.8 Å². The Balaban J connectivity index is 2.61. The van der Waals surface area contributed by atoms with Gasteiger partial charge in [0.1, 0.15) is 11.5 Å². The molecule has 0 bridgehead atoms. The lowest BCUT2D eigenvalue weighted by Gasteiger charge is -2.10. The Morgan fingerprint density at radius 2 is 2.22 bits per heavy atom. The van der Waals surface area contributed by atoms with E-state index in [1.54, 1.807) is 37.1 Å². The Bertz CT molecular complexity index is 407. The van der Waals surface area contributed by atoms with Crippen LogP contribution in [0.3, 0.4) is 0 Å². The van der Waals surface area contributed by atoms with E-state index in [-0.39, 0.29) is 5.78 Å². The summed E-state index contributed by atoms with van der Waals surface area (Å²) in [6, 6.07) is 5.36. The van der Waals surface area contributed by atoms with Crippen LogP contribution in [0.15, 0.2) is 18.2 Å². The maximum Gasteiger partial charge on any atom is 0.147 e. The molecule has 0 aromatic heterocycles. The van der Waals surface area contributed by atoms with Crippen molar-refractivity contribution in [2.24, 2.45) is 0 Å². The molecule has 1 atom stereocenters. The van der Waals surface area contributed by atoms with Gasteiger partial charge in [-0.15, -0.1) is 0 Å². The van der Waals surface area contributed by atoms with Crippen LogP contribution < -0.4 is 4.74 Å². The number of benzene rings is 1. The first kappa shape index (κ1) is 15.4. The molecule has 0 saturated heterocycles. The molecule has 1 aromatic carbocycles. The van der Waals surface area contributed by atoms with Gasteiger partial charge in [0, 0.05) is 22.3 Å². The predicted molar refractivity (Wildman–Crippen MR) is 78.9 cm³/mol. The minimum absolute atomic E-state index is 0.209. The summed E-state index contributed by atoms with van der Waals surface area (Å²) in [4.78, 5) is 11.9. The fourth-order valence-corrected chi connectivity index (χ4v) is 2.50. The second-order valence-corrected chi connectivity index (χ2v) is 6.06. The first-order valence-electron chi connectivity index (χ1n) is 6.02. The topological polar surface area (TPSA) is 26.3 Å². The van der Waals surface area contributed by atoms with Crippen LogP contribution in [0.2, 0.25) is 5.02 Å². The van der Waals surface area contributed by atoms with Crippen molar-refractivity contribution in [2.45, 2.75) is 31.9 Å². The molecule has 2 nitrogen and oxygen atoms in total. The van der Waals surface area contributed by atoms with Gasteiger partial charge in [0.25, 0.3) is 0 Å². The van der Waals surface area contributed by atoms with Gasteiger partial charge >= 0.3 is 0 Å². The third-order valence-corrected chi connectivity index (χ3v) is 4.36. The average Bonchev–Trinajstić information content (AvgIpc) is 2.36. The quantitative estimate of drug-likeness (QED) is 0.758. The first-order chi connectivity index (χ1) is 8.56. The van der Waals surface area contributed by atoms with E-state index in [1.807, 2.05) is 0 Å². The van der Waals surface area contributed by atoms with Crippen LogP contribution in [-0.2, 0) is 11.2 Å². The maximum absolute atomic E-state index is 11.9. The van der Waals surface area contributed by atoms with Crippen molar-refractivity contribution in [1.82, 2.24) is 0 Å². The van der Waals surface area contributed by atoms with Crippen molar-refractivity contribution >= 4 is 29.1 Å². The van der Waals surface area contributed by atoms with Gasteiger partial charge in [-0.2, -0.15) is 11.8 Å². The second kappa shape index (κ2) is 7.70. The Hall–Kier alpha value is -0.670. The highest BCUT2D eigenvalue weighted by Crippen LogP contribution is 2.24. The number of hydrogen-bond donors (Lipinski definition) is 0.